The summed E-state index contributed by atoms with van der Waals surface area (Å²) in [4.78, 5) is 0. The van der Waals surface area contributed by atoms with E-state index in [-0.39, 0.29) is 0 Å². The largest absolute Gasteiger partial charge is 0.330 e. The molecular weight excluding hydrogens is 266 g/mol. The van der Waals surface area contributed by atoms with Gasteiger partial charge < -0.3 is 5.73 Å². The van der Waals surface area contributed by atoms with Crippen LogP contribution in [-0.4, -0.2) is 16.3 Å². The maximum atomic E-state index is 5.50. The molecule has 2 aromatic rings. The Labute approximate surface area is 103 Å². The van der Waals surface area contributed by atoms with E-state index in [9.17, 15) is 0 Å². The lowest BCUT2D eigenvalue weighted by Crippen LogP contribution is -2.04. The van der Waals surface area contributed by atoms with Gasteiger partial charge in [-0.15, -0.1) is 0 Å². The molecule has 16 heavy (non-hydrogen) atoms. The number of rotatable bonds is 3. The monoisotopic (exact) mass is 279 g/mol. The molecule has 0 fully saturated rings. The third kappa shape index (κ3) is 2.33. The maximum absolute atomic E-state index is 5.50. The highest BCUT2D eigenvalue weighted by Gasteiger charge is 2.02. The van der Waals surface area contributed by atoms with Crippen molar-refractivity contribution in [2.45, 2.75) is 13.3 Å². The molecule has 1 heterocycles. The van der Waals surface area contributed by atoms with Gasteiger partial charge in [-0.1, -0.05) is 15.9 Å². The molecule has 1 aromatic carbocycles. The van der Waals surface area contributed by atoms with E-state index in [1.165, 1.54) is 5.56 Å². The van der Waals surface area contributed by atoms with Crippen molar-refractivity contribution < 1.29 is 0 Å². The third-order valence-electron chi connectivity index (χ3n) is 2.45. The first-order chi connectivity index (χ1) is 7.70. The summed E-state index contributed by atoms with van der Waals surface area (Å²) in [5, 5.41) is 4.46. The van der Waals surface area contributed by atoms with Gasteiger partial charge in [-0.3, -0.25) is 0 Å². The van der Waals surface area contributed by atoms with Crippen molar-refractivity contribution >= 4 is 15.9 Å². The first kappa shape index (κ1) is 11.4. The number of benzene rings is 1. The van der Waals surface area contributed by atoms with Crippen LogP contribution in [0.1, 0.15) is 11.3 Å². The molecule has 0 saturated heterocycles. The van der Waals surface area contributed by atoms with E-state index >= 15 is 0 Å². The SMILES string of the molecule is Cc1cc(-n2ccc(CCN)n2)ccc1Br. The lowest BCUT2D eigenvalue weighted by Gasteiger charge is -2.04. The molecule has 1 aromatic heterocycles. The van der Waals surface area contributed by atoms with Crippen LogP contribution >= 0.6 is 15.9 Å². The summed E-state index contributed by atoms with van der Waals surface area (Å²) >= 11 is 3.49. The van der Waals surface area contributed by atoms with Crippen molar-refractivity contribution in [1.82, 2.24) is 9.78 Å². The van der Waals surface area contributed by atoms with Crippen LogP contribution in [0.3, 0.4) is 0 Å². The van der Waals surface area contributed by atoms with E-state index in [2.05, 4.69) is 34.0 Å². The number of aryl methyl sites for hydroxylation is 1. The van der Waals surface area contributed by atoms with Gasteiger partial charge in [-0.25, -0.2) is 4.68 Å². The van der Waals surface area contributed by atoms with Gasteiger partial charge in [0.25, 0.3) is 0 Å². The lowest BCUT2D eigenvalue weighted by molar-refractivity contribution is 0.821. The van der Waals surface area contributed by atoms with E-state index in [0.29, 0.717) is 6.54 Å². The molecule has 0 atom stereocenters. The molecule has 4 heteroatoms. The van der Waals surface area contributed by atoms with Crippen LogP contribution in [0.25, 0.3) is 5.69 Å². The molecule has 84 valence electrons. The molecular formula is C12H14BrN3. The lowest BCUT2D eigenvalue weighted by atomic mass is 10.2. The zero-order valence-corrected chi connectivity index (χ0v) is 10.7. The molecule has 2 rings (SSSR count). The molecule has 0 spiro atoms. The minimum absolute atomic E-state index is 0.635. The number of hydrogen-bond acceptors (Lipinski definition) is 2. The Kier molecular flexibility index (Phi) is 3.41. The van der Waals surface area contributed by atoms with Crippen molar-refractivity contribution in [3.63, 3.8) is 0 Å². The van der Waals surface area contributed by atoms with Gasteiger partial charge in [0.1, 0.15) is 0 Å². The molecule has 0 aliphatic rings. The fraction of sp³-hybridized carbons (Fsp3) is 0.250. The zero-order valence-electron chi connectivity index (χ0n) is 9.15. The fourth-order valence-electron chi connectivity index (χ4n) is 1.56. The standard InChI is InChI=1S/C12H14BrN3/c1-9-8-11(2-3-12(9)13)16-7-5-10(15-16)4-6-14/h2-3,5,7-8H,4,6,14H2,1H3. The van der Waals surface area contributed by atoms with Crippen LogP contribution in [0.15, 0.2) is 34.9 Å². The number of nitrogens with two attached hydrogens (primary N) is 1. The Hall–Kier alpha value is -1.13. The predicted octanol–water partition coefficient (Wildman–Crippen LogP) is 2.44. The predicted molar refractivity (Wildman–Crippen MR) is 68.8 cm³/mol. The molecule has 3 nitrogen and oxygen atoms in total. The molecule has 0 unspecified atom stereocenters. The van der Waals surface area contributed by atoms with Crippen LogP contribution in [0.4, 0.5) is 0 Å². The highest BCUT2D eigenvalue weighted by atomic mass is 79.9. The molecule has 0 aliphatic carbocycles. The Bertz CT molecular complexity index is 491. The summed E-state index contributed by atoms with van der Waals surface area (Å²) < 4.78 is 3.00. The van der Waals surface area contributed by atoms with Crippen LogP contribution < -0.4 is 5.73 Å². The summed E-state index contributed by atoms with van der Waals surface area (Å²) in [5.74, 6) is 0. The minimum atomic E-state index is 0.635. The quantitative estimate of drug-likeness (QED) is 0.938. The van der Waals surface area contributed by atoms with Gasteiger partial charge in [0.05, 0.1) is 11.4 Å². The number of aromatic nitrogens is 2. The van der Waals surface area contributed by atoms with Gasteiger partial charge in [0.2, 0.25) is 0 Å². The summed E-state index contributed by atoms with van der Waals surface area (Å²) in [6, 6.07) is 8.18. The second-order valence-corrected chi connectivity index (χ2v) is 4.58. The van der Waals surface area contributed by atoms with Crippen molar-refractivity contribution in [3.05, 3.63) is 46.2 Å². The van der Waals surface area contributed by atoms with Crippen LogP contribution in [0.5, 0.6) is 0 Å². The topological polar surface area (TPSA) is 43.8 Å². The highest BCUT2D eigenvalue weighted by Crippen LogP contribution is 2.19. The number of nitrogens with zero attached hydrogens (tertiary/aromatic N) is 2. The highest BCUT2D eigenvalue weighted by molar-refractivity contribution is 9.10. The summed E-state index contributed by atoms with van der Waals surface area (Å²) in [5.41, 5.74) is 8.80. The van der Waals surface area contributed by atoms with Gasteiger partial charge in [-0.05, 0) is 43.3 Å². The van der Waals surface area contributed by atoms with Crippen LogP contribution in [-0.2, 0) is 6.42 Å². The first-order valence-corrected chi connectivity index (χ1v) is 6.01. The second-order valence-electron chi connectivity index (χ2n) is 3.72. The van der Waals surface area contributed by atoms with Gasteiger partial charge in [0.15, 0.2) is 0 Å². The Balaban J connectivity index is 2.31. The van der Waals surface area contributed by atoms with Crippen molar-refractivity contribution in [2.24, 2.45) is 5.73 Å². The van der Waals surface area contributed by atoms with E-state index in [0.717, 1.165) is 22.3 Å². The fourth-order valence-corrected chi connectivity index (χ4v) is 1.80. The number of halogens is 1. The van der Waals surface area contributed by atoms with Crippen molar-refractivity contribution in [1.29, 1.82) is 0 Å². The van der Waals surface area contributed by atoms with E-state index in [1.54, 1.807) is 0 Å². The van der Waals surface area contributed by atoms with Gasteiger partial charge in [-0.2, -0.15) is 5.10 Å². The molecule has 2 N–H and O–H groups in total. The molecule has 0 radical (unpaired) electrons. The molecule has 0 amide bonds. The van der Waals surface area contributed by atoms with E-state index in [4.69, 9.17) is 5.73 Å². The van der Waals surface area contributed by atoms with Gasteiger partial charge in [0, 0.05) is 17.1 Å². The summed E-state index contributed by atoms with van der Waals surface area (Å²) in [6.07, 6.45) is 2.79. The molecule has 0 saturated carbocycles. The van der Waals surface area contributed by atoms with E-state index in [1.807, 2.05) is 29.1 Å². The van der Waals surface area contributed by atoms with E-state index < -0.39 is 0 Å². The zero-order chi connectivity index (χ0) is 11.5. The maximum Gasteiger partial charge on any atom is 0.0649 e. The molecule has 0 aliphatic heterocycles. The van der Waals surface area contributed by atoms with Gasteiger partial charge >= 0.3 is 0 Å². The third-order valence-corrected chi connectivity index (χ3v) is 3.34. The Morgan fingerprint density at radius 3 is 2.88 bits per heavy atom. The average molecular weight is 280 g/mol. The smallest absolute Gasteiger partial charge is 0.0649 e. The van der Waals surface area contributed by atoms with Crippen molar-refractivity contribution in [2.75, 3.05) is 6.54 Å². The summed E-state index contributed by atoms with van der Waals surface area (Å²) in [6.45, 7) is 2.70. The Morgan fingerprint density at radius 1 is 1.38 bits per heavy atom. The van der Waals surface area contributed by atoms with Crippen LogP contribution in [0, 0.1) is 6.92 Å². The second kappa shape index (κ2) is 4.80. The minimum Gasteiger partial charge on any atom is -0.330 e. The Morgan fingerprint density at radius 2 is 2.19 bits per heavy atom. The normalized spacial score (nSPS) is 10.7. The molecule has 0 bridgehead atoms. The summed E-state index contributed by atoms with van der Waals surface area (Å²) in [7, 11) is 0. The first-order valence-electron chi connectivity index (χ1n) is 5.22. The van der Waals surface area contributed by atoms with Crippen molar-refractivity contribution in [3.8, 4) is 5.69 Å². The number of hydrogen-bond donors (Lipinski definition) is 1. The average Bonchev–Trinajstić information content (AvgIpc) is 2.71. The van der Waals surface area contributed by atoms with Crippen LogP contribution in [0.2, 0.25) is 0 Å².